The average Bonchev–Trinajstić information content (AvgIpc) is 2.74. The van der Waals surface area contributed by atoms with E-state index < -0.39 is 0 Å². The Balaban J connectivity index is 1.91. The zero-order chi connectivity index (χ0) is 15.2. The summed E-state index contributed by atoms with van der Waals surface area (Å²) in [5.74, 6) is 0.446. The third kappa shape index (κ3) is 4.57. The summed E-state index contributed by atoms with van der Waals surface area (Å²) >= 11 is 0. The zero-order valence-corrected chi connectivity index (χ0v) is 13.3. The lowest BCUT2D eigenvalue weighted by atomic mass is 9.92. The topological polar surface area (TPSA) is 55.1 Å². The number of carbonyl (C=O) groups excluding carboxylic acids is 1. The molecule has 0 heterocycles. The maximum absolute atomic E-state index is 11.2. The number of rotatable bonds is 5. The highest BCUT2D eigenvalue weighted by atomic mass is 16.1. The number of nitrogens with one attached hydrogen (secondary N) is 1. The van der Waals surface area contributed by atoms with Crippen molar-refractivity contribution in [1.29, 1.82) is 0 Å². The molecule has 3 nitrogen and oxygen atoms in total. The fourth-order valence-corrected chi connectivity index (χ4v) is 3.30. The van der Waals surface area contributed by atoms with Gasteiger partial charge in [0.15, 0.2) is 0 Å². The van der Waals surface area contributed by atoms with Gasteiger partial charge in [-0.3, -0.25) is 4.79 Å². The third-order valence-corrected chi connectivity index (χ3v) is 4.85. The van der Waals surface area contributed by atoms with Crippen LogP contribution in [-0.4, -0.2) is 11.9 Å². The average molecular weight is 288 g/mol. The molecule has 0 bridgehead atoms. The number of amides is 1. The number of benzene rings is 1. The summed E-state index contributed by atoms with van der Waals surface area (Å²) in [6, 6.07) is 6.28. The molecule has 1 saturated carbocycles. The summed E-state index contributed by atoms with van der Waals surface area (Å²) in [6.07, 6.45) is 8.27. The molecule has 0 spiro atoms. The van der Waals surface area contributed by atoms with Gasteiger partial charge in [-0.2, -0.15) is 0 Å². The van der Waals surface area contributed by atoms with E-state index in [9.17, 15) is 4.79 Å². The first-order valence-electron chi connectivity index (χ1n) is 8.20. The van der Waals surface area contributed by atoms with Crippen LogP contribution in [0.1, 0.15) is 66.9 Å². The fraction of sp³-hybridized carbons (Fsp3) is 0.611. The van der Waals surface area contributed by atoms with Crippen molar-refractivity contribution < 1.29 is 4.79 Å². The van der Waals surface area contributed by atoms with Crippen molar-refractivity contribution in [3.8, 4) is 0 Å². The molecule has 2 rings (SSSR count). The van der Waals surface area contributed by atoms with Crippen LogP contribution < -0.4 is 11.1 Å². The minimum absolute atomic E-state index is 0.357. The van der Waals surface area contributed by atoms with E-state index in [1.807, 2.05) is 25.1 Å². The van der Waals surface area contributed by atoms with Crippen molar-refractivity contribution in [3.63, 3.8) is 0 Å². The Labute approximate surface area is 128 Å². The normalized spacial score (nSPS) is 18.2. The van der Waals surface area contributed by atoms with Gasteiger partial charge in [0.2, 0.25) is 5.91 Å². The summed E-state index contributed by atoms with van der Waals surface area (Å²) in [5, 5.41) is 3.67. The van der Waals surface area contributed by atoms with Gasteiger partial charge in [0.1, 0.15) is 0 Å². The first-order chi connectivity index (χ1) is 10.1. The number of nitrogens with two attached hydrogens (primary N) is 1. The Morgan fingerprint density at radius 3 is 2.52 bits per heavy atom. The third-order valence-electron chi connectivity index (χ3n) is 4.85. The predicted molar refractivity (Wildman–Crippen MR) is 87.2 cm³/mol. The van der Waals surface area contributed by atoms with Crippen LogP contribution in [0.15, 0.2) is 18.2 Å². The Kier molecular flexibility index (Phi) is 5.80. The van der Waals surface area contributed by atoms with Crippen LogP contribution in [0.5, 0.6) is 0 Å². The molecule has 1 atom stereocenters. The number of aryl methyl sites for hydroxylation is 1. The number of carbonyl (C=O) groups is 1. The molecule has 0 aliphatic heterocycles. The van der Waals surface area contributed by atoms with E-state index in [-0.39, 0.29) is 5.91 Å². The van der Waals surface area contributed by atoms with Crippen molar-refractivity contribution in [2.75, 3.05) is 0 Å². The molecule has 1 aromatic rings. The van der Waals surface area contributed by atoms with E-state index in [4.69, 9.17) is 5.73 Å². The van der Waals surface area contributed by atoms with Crippen molar-refractivity contribution in [3.05, 3.63) is 34.9 Å². The molecule has 116 valence electrons. The van der Waals surface area contributed by atoms with Crippen LogP contribution in [0.4, 0.5) is 0 Å². The van der Waals surface area contributed by atoms with Gasteiger partial charge in [-0.15, -0.1) is 0 Å². The van der Waals surface area contributed by atoms with E-state index in [1.165, 1.54) is 44.1 Å². The molecule has 1 aromatic carbocycles. The van der Waals surface area contributed by atoms with Gasteiger partial charge in [0, 0.05) is 18.2 Å². The first kappa shape index (κ1) is 16.0. The van der Waals surface area contributed by atoms with E-state index in [0.717, 1.165) is 18.0 Å². The standard InChI is InChI=1S/C18H28N2O/c1-13-11-16(18(19)21)9-10-17(13)12-20-14(2)15-7-5-3-4-6-8-15/h9-11,14-15,20H,3-8,12H2,1-2H3,(H2,19,21)/t14-/m1/s1. The molecule has 1 aliphatic carbocycles. The molecule has 3 heteroatoms. The van der Waals surface area contributed by atoms with Crippen molar-refractivity contribution in [2.24, 2.45) is 11.7 Å². The lowest BCUT2D eigenvalue weighted by Crippen LogP contribution is -2.33. The number of primary amides is 1. The maximum atomic E-state index is 11.2. The molecular weight excluding hydrogens is 260 g/mol. The number of hydrogen-bond acceptors (Lipinski definition) is 2. The van der Waals surface area contributed by atoms with Crippen LogP contribution in [0.25, 0.3) is 0 Å². The molecule has 3 N–H and O–H groups in total. The van der Waals surface area contributed by atoms with Crippen molar-refractivity contribution in [1.82, 2.24) is 5.32 Å². The second kappa shape index (κ2) is 7.60. The zero-order valence-electron chi connectivity index (χ0n) is 13.3. The highest BCUT2D eigenvalue weighted by Gasteiger charge is 2.18. The minimum Gasteiger partial charge on any atom is -0.366 e. The first-order valence-corrected chi connectivity index (χ1v) is 8.20. The van der Waals surface area contributed by atoms with Crippen LogP contribution in [-0.2, 0) is 6.54 Å². The van der Waals surface area contributed by atoms with E-state index in [1.54, 1.807) is 0 Å². The molecule has 0 saturated heterocycles. The van der Waals surface area contributed by atoms with E-state index in [0.29, 0.717) is 11.6 Å². The Morgan fingerprint density at radius 2 is 1.95 bits per heavy atom. The van der Waals surface area contributed by atoms with Crippen molar-refractivity contribution >= 4 is 5.91 Å². The van der Waals surface area contributed by atoms with Crippen LogP contribution in [0, 0.1) is 12.8 Å². The molecule has 1 amide bonds. The van der Waals surface area contributed by atoms with Crippen LogP contribution >= 0.6 is 0 Å². The largest absolute Gasteiger partial charge is 0.366 e. The lowest BCUT2D eigenvalue weighted by molar-refractivity contribution is 0.1000. The summed E-state index contributed by atoms with van der Waals surface area (Å²) in [6.45, 7) is 5.21. The van der Waals surface area contributed by atoms with E-state index >= 15 is 0 Å². The molecule has 1 aliphatic rings. The molecular formula is C18H28N2O. The van der Waals surface area contributed by atoms with Gasteiger partial charge in [0.05, 0.1) is 0 Å². The van der Waals surface area contributed by atoms with Crippen molar-refractivity contribution in [2.45, 2.75) is 65.0 Å². The predicted octanol–water partition coefficient (Wildman–Crippen LogP) is 3.54. The quantitative estimate of drug-likeness (QED) is 0.814. The van der Waals surface area contributed by atoms with Gasteiger partial charge >= 0.3 is 0 Å². The molecule has 21 heavy (non-hydrogen) atoms. The highest BCUT2D eigenvalue weighted by Crippen LogP contribution is 2.25. The second-order valence-corrected chi connectivity index (χ2v) is 6.43. The van der Waals surface area contributed by atoms with Crippen LogP contribution in [0.2, 0.25) is 0 Å². The summed E-state index contributed by atoms with van der Waals surface area (Å²) < 4.78 is 0. The minimum atomic E-state index is -0.357. The Bertz CT molecular complexity index is 476. The van der Waals surface area contributed by atoms with Gasteiger partial charge in [-0.1, -0.05) is 31.7 Å². The maximum Gasteiger partial charge on any atom is 0.248 e. The molecule has 0 aromatic heterocycles. The molecule has 0 radical (unpaired) electrons. The van der Waals surface area contributed by atoms with Gasteiger partial charge in [0.25, 0.3) is 0 Å². The molecule has 0 unspecified atom stereocenters. The SMILES string of the molecule is Cc1cc(C(N)=O)ccc1CN[C@H](C)C1CCCCCC1. The van der Waals surface area contributed by atoms with E-state index in [2.05, 4.69) is 12.2 Å². The van der Waals surface area contributed by atoms with Gasteiger partial charge in [-0.05, 0) is 55.9 Å². The lowest BCUT2D eigenvalue weighted by Gasteiger charge is -2.24. The summed E-state index contributed by atoms with van der Waals surface area (Å²) in [4.78, 5) is 11.2. The summed E-state index contributed by atoms with van der Waals surface area (Å²) in [5.41, 5.74) is 8.29. The molecule has 1 fully saturated rings. The fourth-order valence-electron chi connectivity index (χ4n) is 3.30. The van der Waals surface area contributed by atoms with Gasteiger partial charge < -0.3 is 11.1 Å². The smallest absolute Gasteiger partial charge is 0.248 e. The second-order valence-electron chi connectivity index (χ2n) is 6.43. The van der Waals surface area contributed by atoms with Gasteiger partial charge in [-0.25, -0.2) is 0 Å². The highest BCUT2D eigenvalue weighted by molar-refractivity contribution is 5.93. The summed E-state index contributed by atoms with van der Waals surface area (Å²) in [7, 11) is 0. The Morgan fingerprint density at radius 1 is 1.29 bits per heavy atom. The van der Waals surface area contributed by atoms with Crippen LogP contribution in [0.3, 0.4) is 0 Å². The number of hydrogen-bond donors (Lipinski definition) is 2. The monoisotopic (exact) mass is 288 g/mol. The Hall–Kier alpha value is -1.35.